The Morgan fingerprint density at radius 2 is 1.81 bits per heavy atom. The van der Waals surface area contributed by atoms with E-state index in [0.29, 0.717) is 18.8 Å². The minimum absolute atomic E-state index is 0.187. The van der Waals surface area contributed by atoms with Gasteiger partial charge in [-0.3, -0.25) is 4.79 Å². The number of hydrogen-bond donors (Lipinski definition) is 1. The third-order valence-electron chi connectivity index (χ3n) is 3.37. The minimum Gasteiger partial charge on any atom is -0.338 e. The second-order valence-electron chi connectivity index (χ2n) is 4.83. The SMILES string of the molecule is CCN(CC)C(=O)c1cc(-c2ccc(C)cc2)nc(=O)[nH]1. The lowest BCUT2D eigenvalue weighted by Gasteiger charge is -2.18. The van der Waals surface area contributed by atoms with E-state index in [4.69, 9.17) is 0 Å². The Hall–Kier alpha value is -2.43. The van der Waals surface area contributed by atoms with Gasteiger partial charge < -0.3 is 9.88 Å². The van der Waals surface area contributed by atoms with Crippen LogP contribution in [0, 0.1) is 6.92 Å². The number of carbonyl (C=O) groups excluding carboxylic acids is 1. The van der Waals surface area contributed by atoms with E-state index < -0.39 is 5.69 Å². The lowest BCUT2D eigenvalue weighted by Crippen LogP contribution is -2.32. The molecule has 0 bridgehead atoms. The van der Waals surface area contributed by atoms with E-state index in [0.717, 1.165) is 11.1 Å². The number of H-pyrrole nitrogens is 1. The van der Waals surface area contributed by atoms with Crippen LogP contribution >= 0.6 is 0 Å². The molecule has 110 valence electrons. The normalized spacial score (nSPS) is 10.4. The van der Waals surface area contributed by atoms with E-state index in [9.17, 15) is 9.59 Å². The largest absolute Gasteiger partial charge is 0.346 e. The first kappa shape index (κ1) is 15.0. The van der Waals surface area contributed by atoms with Crippen molar-refractivity contribution >= 4 is 5.91 Å². The van der Waals surface area contributed by atoms with Crippen molar-refractivity contribution in [2.45, 2.75) is 20.8 Å². The highest BCUT2D eigenvalue weighted by molar-refractivity contribution is 5.93. The van der Waals surface area contributed by atoms with Crippen molar-refractivity contribution in [1.82, 2.24) is 14.9 Å². The fraction of sp³-hybridized carbons (Fsp3) is 0.312. The predicted molar refractivity (Wildman–Crippen MR) is 82.3 cm³/mol. The summed E-state index contributed by atoms with van der Waals surface area (Å²) in [6.07, 6.45) is 0. The van der Waals surface area contributed by atoms with E-state index in [2.05, 4.69) is 9.97 Å². The molecule has 5 heteroatoms. The Kier molecular flexibility index (Phi) is 4.52. The first-order chi connectivity index (χ1) is 10.0. The second kappa shape index (κ2) is 6.35. The van der Waals surface area contributed by atoms with Crippen LogP contribution in [0.2, 0.25) is 0 Å². The van der Waals surface area contributed by atoms with E-state index in [1.165, 1.54) is 0 Å². The van der Waals surface area contributed by atoms with Crippen LogP contribution in [0.25, 0.3) is 11.3 Å². The van der Waals surface area contributed by atoms with E-state index in [1.807, 2.05) is 45.0 Å². The fourth-order valence-electron chi connectivity index (χ4n) is 2.13. The molecule has 0 aliphatic carbocycles. The summed E-state index contributed by atoms with van der Waals surface area (Å²) in [5.41, 5.74) is 2.22. The van der Waals surface area contributed by atoms with Crippen LogP contribution in [0.15, 0.2) is 35.1 Å². The van der Waals surface area contributed by atoms with Gasteiger partial charge in [-0.2, -0.15) is 4.98 Å². The average molecular weight is 285 g/mol. The number of nitrogens with zero attached hydrogens (tertiary/aromatic N) is 2. The van der Waals surface area contributed by atoms with Crippen molar-refractivity contribution in [3.8, 4) is 11.3 Å². The maximum atomic E-state index is 12.3. The number of hydrogen-bond acceptors (Lipinski definition) is 3. The number of aryl methyl sites for hydroxylation is 1. The molecule has 0 aliphatic heterocycles. The summed E-state index contributed by atoms with van der Waals surface area (Å²) in [6, 6.07) is 9.31. The topological polar surface area (TPSA) is 66.1 Å². The molecule has 2 aromatic rings. The van der Waals surface area contributed by atoms with E-state index in [1.54, 1.807) is 11.0 Å². The number of benzene rings is 1. The van der Waals surface area contributed by atoms with E-state index in [-0.39, 0.29) is 11.6 Å². The highest BCUT2D eigenvalue weighted by Crippen LogP contribution is 2.17. The van der Waals surface area contributed by atoms with Gasteiger partial charge in [0.1, 0.15) is 5.69 Å². The molecule has 0 aliphatic rings. The van der Waals surface area contributed by atoms with Gasteiger partial charge in [0.2, 0.25) is 0 Å². The summed E-state index contributed by atoms with van der Waals surface area (Å²) >= 11 is 0. The van der Waals surface area contributed by atoms with Gasteiger partial charge in [0.25, 0.3) is 5.91 Å². The zero-order valence-corrected chi connectivity index (χ0v) is 12.5. The van der Waals surface area contributed by atoms with Crippen molar-refractivity contribution in [2.24, 2.45) is 0 Å². The summed E-state index contributed by atoms with van der Waals surface area (Å²) in [6.45, 7) is 6.99. The van der Waals surface area contributed by atoms with Gasteiger partial charge in [0.15, 0.2) is 0 Å². The van der Waals surface area contributed by atoms with Crippen molar-refractivity contribution in [1.29, 1.82) is 0 Å². The van der Waals surface area contributed by atoms with Crippen molar-refractivity contribution in [3.63, 3.8) is 0 Å². The molecule has 2 rings (SSSR count). The smallest absolute Gasteiger partial charge is 0.338 e. The van der Waals surface area contributed by atoms with Gasteiger partial charge in [0, 0.05) is 18.7 Å². The zero-order chi connectivity index (χ0) is 15.4. The van der Waals surface area contributed by atoms with Gasteiger partial charge in [-0.1, -0.05) is 29.8 Å². The van der Waals surface area contributed by atoms with Crippen molar-refractivity contribution in [2.75, 3.05) is 13.1 Å². The summed E-state index contributed by atoms with van der Waals surface area (Å²) in [7, 11) is 0. The Bertz CT molecular complexity index is 685. The Morgan fingerprint density at radius 1 is 1.19 bits per heavy atom. The average Bonchev–Trinajstić information content (AvgIpc) is 2.48. The molecule has 1 aromatic carbocycles. The molecule has 0 unspecified atom stereocenters. The summed E-state index contributed by atoms with van der Waals surface area (Å²) in [5.74, 6) is -0.187. The molecule has 0 radical (unpaired) electrons. The maximum absolute atomic E-state index is 12.3. The highest BCUT2D eigenvalue weighted by Gasteiger charge is 2.15. The van der Waals surface area contributed by atoms with Crippen LogP contribution < -0.4 is 5.69 Å². The standard InChI is InChI=1S/C16H19N3O2/c1-4-19(5-2)15(20)14-10-13(17-16(21)18-14)12-8-6-11(3)7-9-12/h6-10H,4-5H2,1-3H3,(H,17,18,21). The number of nitrogens with one attached hydrogen (secondary N) is 1. The van der Waals surface area contributed by atoms with Crippen LogP contribution in [-0.2, 0) is 0 Å². The van der Waals surface area contributed by atoms with Crippen molar-refractivity contribution < 1.29 is 4.79 Å². The van der Waals surface area contributed by atoms with Gasteiger partial charge in [-0.15, -0.1) is 0 Å². The predicted octanol–water partition coefficient (Wildman–Crippen LogP) is 2.23. The Morgan fingerprint density at radius 3 is 2.38 bits per heavy atom. The summed E-state index contributed by atoms with van der Waals surface area (Å²) < 4.78 is 0. The zero-order valence-electron chi connectivity index (χ0n) is 12.5. The summed E-state index contributed by atoms with van der Waals surface area (Å²) in [5, 5.41) is 0. The number of aromatic amines is 1. The molecule has 0 atom stereocenters. The van der Waals surface area contributed by atoms with Gasteiger partial charge in [-0.25, -0.2) is 4.79 Å². The molecule has 1 heterocycles. The molecule has 5 nitrogen and oxygen atoms in total. The molecule has 0 saturated heterocycles. The Balaban J connectivity index is 2.44. The number of aromatic nitrogens is 2. The number of rotatable bonds is 4. The maximum Gasteiger partial charge on any atom is 0.346 e. The van der Waals surface area contributed by atoms with Gasteiger partial charge >= 0.3 is 5.69 Å². The van der Waals surface area contributed by atoms with Crippen LogP contribution in [0.3, 0.4) is 0 Å². The fourth-order valence-corrected chi connectivity index (χ4v) is 2.13. The third kappa shape index (κ3) is 3.37. The Labute approximate surface area is 123 Å². The molecular formula is C16H19N3O2. The first-order valence-electron chi connectivity index (χ1n) is 7.02. The first-order valence-corrected chi connectivity index (χ1v) is 7.02. The molecule has 1 amide bonds. The molecule has 1 N–H and O–H groups in total. The van der Waals surface area contributed by atoms with Crippen molar-refractivity contribution in [3.05, 3.63) is 52.1 Å². The molecule has 21 heavy (non-hydrogen) atoms. The van der Waals surface area contributed by atoms with E-state index >= 15 is 0 Å². The quantitative estimate of drug-likeness (QED) is 0.936. The molecule has 1 aromatic heterocycles. The third-order valence-corrected chi connectivity index (χ3v) is 3.37. The van der Waals surface area contributed by atoms with Crippen LogP contribution in [0.1, 0.15) is 29.9 Å². The number of amides is 1. The lowest BCUT2D eigenvalue weighted by molar-refractivity contribution is 0.0766. The molecule has 0 saturated carbocycles. The van der Waals surface area contributed by atoms with Crippen LogP contribution in [-0.4, -0.2) is 33.9 Å². The molecular weight excluding hydrogens is 266 g/mol. The molecule has 0 fully saturated rings. The summed E-state index contributed by atoms with van der Waals surface area (Å²) in [4.78, 5) is 32.2. The van der Waals surface area contributed by atoms with Crippen LogP contribution in [0.4, 0.5) is 0 Å². The van der Waals surface area contributed by atoms with Crippen LogP contribution in [0.5, 0.6) is 0 Å². The highest BCUT2D eigenvalue weighted by atomic mass is 16.2. The van der Waals surface area contributed by atoms with Gasteiger partial charge in [-0.05, 0) is 26.8 Å². The lowest BCUT2D eigenvalue weighted by atomic mass is 10.1. The minimum atomic E-state index is -0.511. The molecule has 0 spiro atoms. The number of carbonyl (C=O) groups is 1. The second-order valence-corrected chi connectivity index (χ2v) is 4.83. The monoisotopic (exact) mass is 285 g/mol. The van der Waals surface area contributed by atoms with Gasteiger partial charge in [0.05, 0.1) is 5.69 Å².